The minimum absolute atomic E-state index is 0.0630. The first-order chi connectivity index (χ1) is 9.48. The van der Waals surface area contributed by atoms with E-state index in [0.717, 1.165) is 38.2 Å². The van der Waals surface area contributed by atoms with Gasteiger partial charge in [-0.2, -0.15) is 13.2 Å². The van der Waals surface area contributed by atoms with Crippen LogP contribution in [0.15, 0.2) is 29.2 Å². The van der Waals surface area contributed by atoms with Crippen molar-refractivity contribution in [3.63, 3.8) is 0 Å². The molecule has 2 rings (SSSR count). The topological polar surface area (TPSA) is 15.3 Å². The highest BCUT2D eigenvalue weighted by Crippen LogP contribution is 2.36. The third kappa shape index (κ3) is 4.68. The summed E-state index contributed by atoms with van der Waals surface area (Å²) < 4.78 is 36.8. The van der Waals surface area contributed by atoms with E-state index in [-0.39, 0.29) is 16.7 Å². The van der Waals surface area contributed by atoms with Crippen LogP contribution in [0.3, 0.4) is 0 Å². The third-order valence-electron chi connectivity index (χ3n) is 3.33. The van der Waals surface area contributed by atoms with Crippen molar-refractivity contribution in [2.75, 3.05) is 19.6 Å². The summed E-state index contributed by atoms with van der Waals surface area (Å²) in [6.07, 6.45) is 1.08. The van der Waals surface area contributed by atoms with E-state index in [4.69, 9.17) is 0 Å². The maximum Gasteiger partial charge on any atom is 0.446 e. The second-order valence-electron chi connectivity index (χ2n) is 4.97. The fourth-order valence-electron chi connectivity index (χ4n) is 2.24. The highest BCUT2D eigenvalue weighted by atomic mass is 32.2. The van der Waals surface area contributed by atoms with Gasteiger partial charge in [-0.3, -0.25) is 4.90 Å². The average Bonchev–Trinajstić information content (AvgIpc) is 2.28. The summed E-state index contributed by atoms with van der Waals surface area (Å²) in [6, 6.07) is 7.25. The van der Waals surface area contributed by atoms with E-state index in [1.165, 1.54) is 0 Å². The Hall–Kier alpha value is -0.720. The van der Waals surface area contributed by atoms with Gasteiger partial charge in [0.15, 0.2) is 0 Å². The van der Waals surface area contributed by atoms with Crippen molar-refractivity contribution in [2.24, 2.45) is 0 Å². The summed E-state index contributed by atoms with van der Waals surface area (Å²) in [6.45, 7) is 5.97. The van der Waals surface area contributed by atoms with Gasteiger partial charge in [-0.05, 0) is 42.4 Å². The first-order valence-corrected chi connectivity index (χ1v) is 7.59. The number of hydrogen-bond acceptors (Lipinski definition) is 3. The largest absolute Gasteiger partial charge is 0.446 e. The zero-order valence-corrected chi connectivity index (χ0v) is 12.2. The lowest BCUT2D eigenvalue weighted by Gasteiger charge is -2.38. The van der Waals surface area contributed by atoms with Gasteiger partial charge >= 0.3 is 5.51 Å². The van der Waals surface area contributed by atoms with Crippen molar-refractivity contribution >= 4 is 11.8 Å². The Kier molecular flexibility index (Phi) is 5.35. The number of nitrogens with one attached hydrogen (secondary N) is 1. The molecule has 0 saturated carbocycles. The summed E-state index contributed by atoms with van der Waals surface area (Å²) in [5.41, 5.74) is -3.15. The fourth-order valence-corrected chi connectivity index (χ4v) is 2.78. The van der Waals surface area contributed by atoms with E-state index in [1.807, 2.05) is 0 Å². The van der Waals surface area contributed by atoms with E-state index in [2.05, 4.69) is 17.1 Å². The lowest BCUT2D eigenvalue weighted by atomic mass is 10.1. The van der Waals surface area contributed by atoms with Crippen molar-refractivity contribution in [1.82, 2.24) is 10.2 Å². The molecule has 20 heavy (non-hydrogen) atoms. The quantitative estimate of drug-likeness (QED) is 0.810. The number of nitrogens with zero attached hydrogens (tertiary/aromatic N) is 1. The normalized spacial score (nSPS) is 16.4. The standard InChI is InChI=1S/C14H19F3N2S/c1-2-7-19(12-8-18-9-12)10-11-3-5-13(6-4-11)20-14(15,16)17/h3-6,12,18H,2,7-10H2,1H3. The predicted molar refractivity (Wildman–Crippen MR) is 75.7 cm³/mol. The molecule has 1 aromatic carbocycles. The summed E-state index contributed by atoms with van der Waals surface area (Å²) in [5, 5.41) is 3.25. The minimum Gasteiger partial charge on any atom is -0.314 e. The molecule has 1 N–H and O–H groups in total. The van der Waals surface area contributed by atoms with E-state index in [1.54, 1.807) is 24.3 Å². The van der Waals surface area contributed by atoms with Crippen molar-refractivity contribution in [1.29, 1.82) is 0 Å². The summed E-state index contributed by atoms with van der Waals surface area (Å²) in [5.74, 6) is 0. The molecule has 1 saturated heterocycles. The van der Waals surface area contributed by atoms with Gasteiger partial charge in [0, 0.05) is 30.6 Å². The van der Waals surface area contributed by atoms with Crippen LogP contribution in [0.4, 0.5) is 13.2 Å². The third-order valence-corrected chi connectivity index (χ3v) is 4.07. The number of benzene rings is 1. The molecule has 1 aromatic rings. The van der Waals surface area contributed by atoms with Gasteiger partial charge in [-0.1, -0.05) is 19.1 Å². The smallest absolute Gasteiger partial charge is 0.314 e. The van der Waals surface area contributed by atoms with Crippen LogP contribution >= 0.6 is 11.8 Å². The SMILES string of the molecule is CCCN(Cc1ccc(SC(F)(F)F)cc1)C1CNC1. The molecule has 0 bridgehead atoms. The second kappa shape index (κ2) is 6.83. The van der Waals surface area contributed by atoms with Crippen LogP contribution in [0.1, 0.15) is 18.9 Å². The van der Waals surface area contributed by atoms with Gasteiger partial charge in [0.25, 0.3) is 0 Å². The summed E-state index contributed by atoms with van der Waals surface area (Å²) in [4.78, 5) is 2.64. The van der Waals surface area contributed by atoms with Crippen LogP contribution in [0.2, 0.25) is 0 Å². The summed E-state index contributed by atoms with van der Waals surface area (Å²) >= 11 is -0.0630. The molecule has 112 valence electrons. The zero-order chi connectivity index (χ0) is 14.6. The van der Waals surface area contributed by atoms with Crippen LogP contribution in [-0.4, -0.2) is 36.1 Å². The van der Waals surface area contributed by atoms with E-state index >= 15 is 0 Å². The first kappa shape index (κ1) is 15.7. The number of rotatable bonds is 6. The van der Waals surface area contributed by atoms with Gasteiger partial charge in [0.1, 0.15) is 0 Å². The molecule has 6 heteroatoms. The fraction of sp³-hybridized carbons (Fsp3) is 0.571. The Morgan fingerprint density at radius 2 is 1.90 bits per heavy atom. The molecule has 0 aromatic heterocycles. The maximum atomic E-state index is 12.3. The lowest BCUT2D eigenvalue weighted by molar-refractivity contribution is -0.0328. The van der Waals surface area contributed by atoms with Gasteiger partial charge in [0.2, 0.25) is 0 Å². The van der Waals surface area contributed by atoms with Gasteiger partial charge in [-0.25, -0.2) is 0 Å². The number of alkyl halides is 3. The highest BCUT2D eigenvalue weighted by molar-refractivity contribution is 8.00. The van der Waals surface area contributed by atoms with Crippen molar-refractivity contribution < 1.29 is 13.2 Å². The first-order valence-electron chi connectivity index (χ1n) is 6.77. The van der Waals surface area contributed by atoms with Crippen LogP contribution in [0, 0.1) is 0 Å². The minimum atomic E-state index is -4.21. The molecule has 0 aliphatic carbocycles. The van der Waals surface area contributed by atoms with Crippen molar-refractivity contribution in [2.45, 2.75) is 36.3 Å². The van der Waals surface area contributed by atoms with Gasteiger partial charge in [-0.15, -0.1) is 0 Å². The van der Waals surface area contributed by atoms with Crippen LogP contribution < -0.4 is 5.32 Å². The Morgan fingerprint density at radius 3 is 2.35 bits per heavy atom. The summed E-state index contributed by atoms with van der Waals surface area (Å²) in [7, 11) is 0. The molecule has 1 fully saturated rings. The Morgan fingerprint density at radius 1 is 1.25 bits per heavy atom. The predicted octanol–water partition coefficient (Wildman–Crippen LogP) is 3.48. The van der Waals surface area contributed by atoms with Crippen molar-refractivity contribution in [3.8, 4) is 0 Å². The van der Waals surface area contributed by atoms with Crippen LogP contribution in [0.25, 0.3) is 0 Å². The Labute approximate surface area is 121 Å². The number of hydrogen-bond donors (Lipinski definition) is 1. The average molecular weight is 304 g/mol. The molecule has 0 spiro atoms. The van der Waals surface area contributed by atoms with Crippen LogP contribution in [-0.2, 0) is 6.54 Å². The van der Waals surface area contributed by atoms with E-state index < -0.39 is 5.51 Å². The molecular weight excluding hydrogens is 285 g/mol. The lowest BCUT2D eigenvalue weighted by Crippen LogP contribution is -2.56. The molecule has 1 aliphatic rings. The Bertz CT molecular complexity index is 415. The number of halogens is 3. The monoisotopic (exact) mass is 304 g/mol. The molecule has 1 aliphatic heterocycles. The molecule has 0 amide bonds. The molecule has 0 unspecified atom stereocenters. The number of thioether (sulfide) groups is 1. The second-order valence-corrected chi connectivity index (χ2v) is 6.11. The van der Waals surface area contributed by atoms with Gasteiger partial charge in [0.05, 0.1) is 0 Å². The zero-order valence-electron chi connectivity index (χ0n) is 11.4. The van der Waals surface area contributed by atoms with Crippen LogP contribution in [0.5, 0.6) is 0 Å². The molecule has 1 heterocycles. The van der Waals surface area contributed by atoms with E-state index in [9.17, 15) is 13.2 Å². The Balaban J connectivity index is 1.94. The highest BCUT2D eigenvalue weighted by Gasteiger charge is 2.29. The van der Waals surface area contributed by atoms with E-state index in [0.29, 0.717) is 6.04 Å². The van der Waals surface area contributed by atoms with Crippen molar-refractivity contribution in [3.05, 3.63) is 29.8 Å². The van der Waals surface area contributed by atoms with Gasteiger partial charge < -0.3 is 5.32 Å². The molecule has 0 radical (unpaired) electrons. The molecular formula is C14H19F3N2S. The molecule has 2 nitrogen and oxygen atoms in total. The molecule has 0 atom stereocenters. The maximum absolute atomic E-state index is 12.3.